The van der Waals surface area contributed by atoms with Crippen molar-refractivity contribution in [3.05, 3.63) is 71.8 Å². The van der Waals surface area contributed by atoms with E-state index in [1.165, 1.54) is 21.6 Å². The van der Waals surface area contributed by atoms with Crippen LogP contribution in [0.2, 0.25) is 0 Å². The Morgan fingerprint density at radius 3 is 1.51 bits per heavy atom. The van der Waals surface area contributed by atoms with E-state index in [9.17, 15) is 62.3 Å². The molecule has 0 bridgehead atoms. The third-order valence-corrected chi connectivity index (χ3v) is 16.7. The lowest BCUT2D eigenvalue weighted by Crippen LogP contribution is -2.60. The Hall–Kier alpha value is -8.91. The Morgan fingerprint density at radius 2 is 1.01 bits per heavy atom. The number of nitrogens with zero attached hydrogens (tertiary/aromatic N) is 3. The summed E-state index contributed by atoms with van der Waals surface area (Å²) < 4.78 is 0. The molecular weight excluding hydrogens is 1250 g/mol. The number of carbonyl (C=O) groups is 13. The molecule has 0 spiro atoms. The maximum Gasteiger partial charge on any atom is 0.245 e. The fourth-order valence-corrected chi connectivity index (χ4v) is 11.5. The summed E-state index contributed by atoms with van der Waals surface area (Å²) in [4.78, 5) is 185. The van der Waals surface area contributed by atoms with Gasteiger partial charge in [0, 0.05) is 45.3 Å². The highest BCUT2D eigenvalue weighted by Crippen LogP contribution is 2.24. The van der Waals surface area contributed by atoms with Gasteiger partial charge in [0.05, 0.1) is 12.6 Å². The molecule has 2 aliphatic rings. The van der Waals surface area contributed by atoms with Gasteiger partial charge in [0.25, 0.3) is 0 Å². The molecule has 2 saturated heterocycles. The first-order valence-electron chi connectivity index (χ1n) is 32.2. The van der Waals surface area contributed by atoms with Gasteiger partial charge in [-0.25, -0.2) is 0 Å². The van der Waals surface area contributed by atoms with Gasteiger partial charge < -0.3 is 92.5 Å². The third-order valence-electron chi connectivity index (χ3n) is 16.0. The SMILES string of the molecule is CSCC[C@H](NC(=O)[C@@H](CC(C)C)NC(=O)CNC(=O)[C@H](Cc1ccccc1)NC(=O)[C@H](Cc1ccccc1)NC(=O)[C@H](CCC(N)=O)NC(=O)[C@@H](CCC(N)=O)NC(=O)[C@@H]1CCCN1C(=O)[C@@H](CCCCN)NC(=O)[C@H]1CCCN1C(=O)[C@@H](N)CCCN=C(N)N)C(N)=O. The number of guanidine groups is 1. The number of primary amides is 3. The molecule has 13 amide bonds. The van der Waals surface area contributed by atoms with E-state index < -0.39 is 169 Å². The fraction of sp³-hybridized carbons (Fsp3) is 0.587. The summed E-state index contributed by atoms with van der Waals surface area (Å²) >= 11 is 1.45. The molecule has 0 aliphatic carbocycles. The maximum absolute atomic E-state index is 14.7. The number of benzene rings is 2. The van der Waals surface area contributed by atoms with Gasteiger partial charge in [-0.15, -0.1) is 0 Å². The summed E-state index contributed by atoms with van der Waals surface area (Å²) in [6.07, 6.45) is 3.12. The Bertz CT molecular complexity index is 2960. The van der Waals surface area contributed by atoms with Crippen molar-refractivity contribution in [2.45, 2.75) is 183 Å². The highest BCUT2D eigenvalue weighted by molar-refractivity contribution is 7.98. The molecule has 22 N–H and O–H groups in total. The Morgan fingerprint density at radius 1 is 0.537 bits per heavy atom. The molecule has 95 heavy (non-hydrogen) atoms. The molecule has 10 atom stereocenters. The number of aliphatic imine (C=N–C) groups is 1. The Kier molecular flexibility index (Phi) is 33.9. The van der Waals surface area contributed by atoms with Crippen molar-refractivity contribution >= 4 is 94.5 Å². The smallest absolute Gasteiger partial charge is 0.245 e. The minimum Gasteiger partial charge on any atom is -0.370 e. The second-order valence-corrected chi connectivity index (χ2v) is 25.1. The zero-order valence-electron chi connectivity index (χ0n) is 54.5. The quantitative estimate of drug-likeness (QED) is 0.0173. The monoisotopic (exact) mass is 1350 g/mol. The lowest BCUT2D eigenvalue weighted by molar-refractivity contribution is -0.144. The van der Waals surface area contributed by atoms with Crippen LogP contribution in [0.5, 0.6) is 0 Å². The topological polar surface area (TPSA) is 519 Å². The second-order valence-electron chi connectivity index (χ2n) is 24.1. The number of carbonyl (C=O) groups excluding carboxylic acids is 13. The van der Waals surface area contributed by atoms with Crippen LogP contribution in [0.4, 0.5) is 0 Å². The average molecular weight is 1350 g/mol. The van der Waals surface area contributed by atoms with Crippen LogP contribution in [0.25, 0.3) is 0 Å². The lowest BCUT2D eigenvalue weighted by atomic mass is 10.0. The van der Waals surface area contributed by atoms with Crippen molar-refractivity contribution in [1.82, 2.24) is 52.3 Å². The molecule has 4 rings (SSSR count). The minimum absolute atomic E-state index is 0.0736. The number of amides is 13. The summed E-state index contributed by atoms with van der Waals surface area (Å²) in [6.45, 7) is 3.86. The molecule has 0 saturated carbocycles. The number of rotatable bonds is 42. The maximum atomic E-state index is 14.7. The molecule has 2 aromatic rings. The Balaban J connectivity index is 1.56. The summed E-state index contributed by atoms with van der Waals surface area (Å²) in [7, 11) is 0. The average Bonchev–Trinajstić information content (AvgIpc) is 1.74. The van der Waals surface area contributed by atoms with E-state index in [1.54, 1.807) is 60.7 Å². The molecule has 31 nitrogen and oxygen atoms in total. The van der Waals surface area contributed by atoms with Crippen molar-refractivity contribution in [3.8, 4) is 0 Å². The van der Waals surface area contributed by atoms with E-state index in [-0.39, 0.29) is 83.0 Å². The van der Waals surface area contributed by atoms with Crippen LogP contribution in [0.1, 0.15) is 121 Å². The summed E-state index contributed by atoms with van der Waals surface area (Å²) in [5, 5.41) is 21.1. The van der Waals surface area contributed by atoms with Gasteiger partial charge in [-0.05, 0) is 119 Å². The van der Waals surface area contributed by atoms with Crippen LogP contribution in [0.3, 0.4) is 0 Å². The van der Waals surface area contributed by atoms with Crippen molar-refractivity contribution in [3.63, 3.8) is 0 Å². The van der Waals surface area contributed by atoms with Crippen LogP contribution >= 0.6 is 11.8 Å². The predicted molar refractivity (Wildman–Crippen MR) is 356 cm³/mol. The van der Waals surface area contributed by atoms with Crippen LogP contribution in [0.15, 0.2) is 65.7 Å². The van der Waals surface area contributed by atoms with Crippen LogP contribution in [0, 0.1) is 5.92 Å². The Labute approximate surface area is 558 Å². The van der Waals surface area contributed by atoms with Gasteiger partial charge in [-0.1, -0.05) is 74.5 Å². The fourth-order valence-electron chi connectivity index (χ4n) is 11.0. The largest absolute Gasteiger partial charge is 0.370 e. The van der Waals surface area contributed by atoms with Crippen molar-refractivity contribution in [2.75, 3.05) is 44.7 Å². The number of hydrogen-bond acceptors (Lipinski definition) is 17. The van der Waals surface area contributed by atoms with Crippen molar-refractivity contribution in [1.29, 1.82) is 0 Å². The van der Waals surface area contributed by atoms with Gasteiger partial charge in [-0.3, -0.25) is 67.3 Å². The summed E-state index contributed by atoms with van der Waals surface area (Å²) in [5.41, 5.74) is 40.6. The number of nitrogens with two attached hydrogens (primary N) is 7. The number of thioether (sulfide) groups is 1. The highest BCUT2D eigenvalue weighted by atomic mass is 32.2. The summed E-state index contributed by atoms with van der Waals surface area (Å²) in [5.74, 6) is -9.80. The van der Waals surface area contributed by atoms with Crippen LogP contribution in [-0.2, 0) is 75.2 Å². The van der Waals surface area contributed by atoms with Crippen LogP contribution in [-0.4, -0.2) is 198 Å². The normalized spacial score (nSPS) is 16.8. The lowest BCUT2D eigenvalue weighted by Gasteiger charge is -2.32. The predicted octanol–water partition coefficient (Wildman–Crippen LogP) is -3.71. The molecule has 2 aromatic carbocycles. The van der Waals surface area contributed by atoms with Gasteiger partial charge in [0.15, 0.2) is 5.96 Å². The standard InChI is InChI=1S/C63H98N18O13S/c1-37(2)33-45(57(89)74-41(53(68)85)27-32-95-3)73-52(84)36-72-54(86)46(34-38-15-6-4-7-16-38)78-58(90)47(35-39-17-8-5-9-18-39)79-56(88)42(23-25-50(66)82)75-55(87)43(24-26-51(67)83)76-59(91)49-22-14-31-81(49)62(94)44(20-10-11-28-64)77-60(92)48-21-13-30-80(48)61(93)40(65)19-12-29-71-63(69)70/h4-9,15-18,37,40-49H,10-14,19-36,64-65H2,1-3H3,(H2,66,82)(H2,67,83)(H2,68,85)(H,72,86)(H,73,84)(H,74,89)(H,75,87)(H,76,91)(H,77,92)(H,78,90)(H,79,88)(H4,69,70,71)/t40-,41-,42-,43+,44+,45+,46-,47-,48+,49-/m0/s1. The third kappa shape index (κ3) is 27.5. The van der Waals surface area contributed by atoms with E-state index >= 15 is 0 Å². The van der Waals surface area contributed by atoms with Crippen molar-refractivity contribution in [2.24, 2.45) is 51.0 Å². The molecule has 0 unspecified atom stereocenters. The van der Waals surface area contributed by atoms with E-state index in [2.05, 4.69) is 47.5 Å². The first-order chi connectivity index (χ1) is 45.2. The first kappa shape index (κ1) is 78.5. The number of unbranched alkanes of at least 4 members (excludes halogenated alkanes) is 1. The number of likely N-dealkylation sites (tertiary alicyclic amines) is 2. The molecule has 0 aromatic heterocycles. The molecule has 32 heteroatoms. The molecule has 2 heterocycles. The van der Waals surface area contributed by atoms with Gasteiger partial charge in [0.2, 0.25) is 76.8 Å². The van der Waals surface area contributed by atoms with E-state index in [4.69, 9.17) is 40.1 Å². The van der Waals surface area contributed by atoms with E-state index in [0.717, 1.165) is 0 Å². The zero-order chi connectivity index (χ0) is 70.1. The number of nitrogens with one attached hydrogen (secondary N) is 8. The first-order valence-corrected chi connectivity index (χ1v) is 33.6. The molecule has 2 fully saturated rings. The highest BCUT2D eigenvalue weighted by Gasteiger charge is 2.42. The van der Waals surface area contributed by atoms with E-state index in [1.807, 2.05) is 20.1 Å². The number of hydrogen-bond donors (Lipinski definition) is 15. The molecule has 2 aliphatic heterocycles. The van der Waals surface area contributed by atoms with Crippen LogP contribution < -0.4 is 82.7 Å². The minimum atomic E-state index is -1.64. The van der Waals surface area contributed by atoms with Crippen molar-refractivity contribution < 1.29 is 62.3 Å². The molecular formula is C63H98N18O13S. The molecule has 0 radical (unpaired) electrons. The second kappa shape index (κ2) is 41.0. The summed E-state index contributed by atoms with van der Waals surface area (Å²) in [6, 6.07) is 4.51. The van der Waals surface area contributed by atoms with Gasteiger partial charge in [-0.2, -0.15) is 11.8 Å². The zero-order valence-corrected chi connectivity index (χ0v) is 55.3. The van der Waals surface area contributed by atoms with Gasteiger partial charge in [0.1, 0.15) is 54.4 Å². The van der Waals surface area contributed by atoms with Gasteiger partial charge >= 0.3 is 0 Å². The molecule has 524 valence electrons. The van der Waals surface area contributed by atoms with E-state index in [0.29, 0.717) is 55.4 Å².